The average Bonchev–Trinajstić information content (AvgIpc) is 2.37. The normalized spacial score (nSPS) is 12.5. The number of unbranched alkanes of at least 4 members (excludes halogenated alkanes) is 5. The lowest BCUT2D eigenvalue weighted by atomic mass is 10.1. The first-order chi connectivity index (χ1) is 9.16. The third-order valence-electron chi connectivity index (χ3n) is 2.59. The smallest absolute Gasteiger partial charge is 0.245 e. The predicted octanol–water partition coefficient (Wildman–Crippen LogP) is 0.731. The summed E-state index contributed by atoms with van der Waals surface area (Å²) in [7, 11) is 0. The van der Waals surface area contributed by atoms with Crippen LogP contribution >= 0.6 is 0 Å². The van der Waals surface area contributed by atoms with Crippen LogP contribution in [0.25, 0.3) is 0 Å². The zero-order valence-electron chi connectivity index (χ0n) is 11.9. The van der Waals surface area contributed by atoms with Crippen molar-refractivity contribution in [3.63, 3.8) is 0 Å². The van der Waals surface area contributed by atoms with Crippen molar-refractivity contribution in [2.24, 2.45) is 5.73 Å². The van der Waals surface area contributed by atoms with E-state index in [1.807, 2.05) is 0 Å². The number of amides is 1. The molecule has 0 aromatic carbocycles. The van der Waals surface area contributed by atoms with E-state index in [4.69, 9.17) is 15.3 Å². The van der Waals surface area contributed by atoms with Crippen LogP contribution in [0.15, 0.2) is 0 Å². The number of nitrogens with two attached hydrogens (primary N) is 1. The van der Waals surface area contributed by atoms with Crippen molar-refractivity contribution >= 4 is 5.91 Å². The van der Waals surface area contributed by atoms with Gasteiger partial charge in [-0.05, 0) is 6.42 Å². The number of hydroxylamine groups is 1. The van der Waals surface area contributed by atoms with Gasteiger partial charge in [0.15, 0.2) is 0 Å². The Kier molecular flexibility index (Phi) is 13.2. The Labute approximate surface area is 115 Å². The molecule has 1 amide bonds. The lowest BCUT2D eigenvalue weighted by Gasteiger charge is -2.11. The van der Waals surface area contributed by atoms with Gasteiger partial charge in [0.1, 0.15) is 6.61 Å². The standard InChI is InChI=1S/C13H28N2O4/c1-2-3-4-5-6-7-8-18-10-12(16)9-15-19-11-13(14)17/h12,15-16H,2-11H2,1H3,(H2,14,17). The second-order valence-electron chi connectivity index (χ2n) is 4.60. The number of hydrogen-bond acceptors (Lipinski definition) is 5. The Morgan fingerprint density at radius 3 is 2.63 bits per heavy atom. The molecule has 0 aliphatic rings. The number of carbonyl (C=O) groups excluding carboxylic acids is 1. The van der Waals surface area contributed by atoms with Gasteiger partial charge < -0.3 is 15.6 Å². The van der Waals surface area contributed by atoms with E-state index in [9.17, 15) is 9.90 Å². The first-order valence-electron chi connectivity index (χ1n) is 7.05. The Balaban J connectivity index is 3.15. The van der Waals surface area contributed by atoms with Gasteiger partial charge in [0.25, 0.3) is 0 Å². The van der Waals surface area contributed by atoms with Crippen molar-refractivity contribution in [3.05, 3.63) is 0 Å². The van der Waals surface area contributed by atoms with Crippen LogP contribution < -0.4 is 11.2 Å². The maximum atomic E-state index is 10.4. The van der Waals surface area contributed by atoms with Gasteiger partial charge in [-0.1, -0.05) is 39.0 Å². The fourth-order valence-corrected chi connectivity index (χ4v) is 1.54. The molecule has 19 heavy (non-hydrogen) atoms. The van der Waals surface area contributed by atoms with E-state index in [2.05, 4.69) is 12.4 Å². The molecule has 0 spiro atoms. The minimum atomic E-state index is -0.645. The summed E-state index contributed by atoms with van der Waals surface area (Å²) in [5, 5.41) is 9.50. The SMILES string of the molecule is CCCCCCCCOCC(O)CNOCC(N)=O. The molecule has 6 nitrogen and oxygen atoms in total. The minimum absolute atomic E-state index is 0.203. The summed E-state index contributed by atoms with van der Waals surface area (Å²) in [6.07, 6.45) is 6.66. The predicted molar refractivity (Wildman–Crippen MR) is 73.4 cm³/mol. The highest BCUT2D eigenvalue weighted by Gasteiger charge is 2.04. The second-order valence-corrected chi connectivity index (χ2v) is 4.60. The molecule has 4 N–H and O–H groups in total. The molecule has 6 heteroatoms. The first-order valence-corrected chi connectivity index (χ1v) is 7.05. The molecule has 1 atom stereocenters. The van der Waals surface area contributed by atoms with Crippen LogP contribution in [0.5, 0.6) is 0 Å². The average molecular weight is 276 g/mol. The van der Waals surface area contributed by atoms with Crippen molar-refractivity contribution < 1.29 is 19.5 Å². The number of carbonyl (C=O) groups is 1. The van der Waals surface area contributed by atoms with Gasteiger partial charge in [0.05, 0.1) is 12.7 Å². The molecule has 0 rings (SSSR count). The van der Waals surface area contributed by atoms with Crippen LogP contribution in [0.4, 0.5) is 0 Å². The molecule has 0 bridgehead atoms. The lowest BCUT2D eigenvalue weighted by molar-refractivity contribution is -0.126. The van der Waals surface area contributed by atoms with Gasteiger partial charge in [-0.15, -0.1) is 0 Å². The Morgan fingerprint density at radius 2 is 1.95 bits per heavy atom. The van der Waals surface area contributed by atoms with Crippen molar-refractivity contribution in [1.29, 1.82) is 0 Å². The minimum Gasteiger partial charge on any atom is -0.389 e. The highest BCUT2D eigenvalue weighted by molar-refractivity contribution is 5.74. The zero-order valence-corrected chi connectivity index (χ0v) is 11.9. The summed E-state index contributed by atoms with van der Waals surface area (Å²) in [5.41, 5.74) is 7.34. The van der Waals surface area contributed by atoms with E-state index >= 15 is 0 Å². The Morgan fingerprint density at radius 1 is 1.26 bits per heavy atom. The van der Waals surface area contributed by atoms with E-state index in [0.29, 0.717) is 6.61 Å². The molecule has 0 aromatic heterocycles. The van der Waals surface area contributed by atoms with Crippen molar-refractivity contribution in [2.45, 2.75) is 51.6 Å². The summed E-state index contributed by atoms with van der Waals surface area (Å²) >= 11 is 0. The van der Waals surface area contributed by atoms with E-state index in [-0.39, 0.29) is 19.8 Å². The van der Waals surface area contributed by atoms with Crippen LogP contribution in [0.2, 0.25) is 0 Å². The highest BCUT2D eigenvalue weighted by atomic mass is 16.6. The van der Waals surface area contributed by atoms with Gasteiger partial charge in [-0.25, -0.2) is 0 Å². The monoisotopic (exact) mass is 276 g/mol. The van der Waals surface area contributed by atoms with Crippen LogP contribution in [-0.4, -0.2) is 43.5 Å². The molecule has 0 fully saturated rings. The van der Waals surface area contributed by atoms with E-state index in [1.54, 1.807) is 0 Å². The number of aliphatic hydroxyl groups is 1. The molecule has 0 aromatic rings. The Hall–Kier alpha value is -0.690. The third-order valence-corrected chi connectivity index (χ3v) is 2.59. The molecule has 0 saturated heterocycles. The summed E-state index contributed by atoms with van der Waals surface area (Å²) < 4.78 is 5.34. The van der Waals surface area contributed by atoms with Crippen molar-refractivity contribution in [1.82, 2.24) is 5.48 Å². The van der Waals surface area contributed by atoms with Gasteiger partial charge in [0.2, 0.25) is 5.91 Å². The molecule has 0 aliphatic heterocycles. The molecular formula is C13H28N2O4. The number of nitrogens with one attached hydrogen (secondary N) is 1. The van der Waals surface area contributed by atoms with E-state index in [1.165, 1.54) is 32.1 Å². The van der Waals surface area contributed by atoms with Crippen LogP contribution in [-0.2, 0) is 14.4 Å². The van der Waals surface area contributed by atoms with Gasteiger partial charge in [0, 0.05) is 13.2 Å². The highest BCUT2D eigenvalue weighted by Crippen LogP contribution is 2.04. The fourth-order valence-electron chi connectivity index (χ4n) is 1.54. The number of ether oxygens (including phenoxy) is 1. The third kappa shape index (κ3) is 15.3. The molecule has 114 valence electrons. The van der Waals surface area contributed by atoms with Crippen molar-refractivity contribution in [3.8, 4) is 0 Å². The quantitative estimate of drug-likeness (QED) is 0.321. The number of primary amides is 1. The molecule has 0 saturated carbocycles. The van der Waals surface area contributed by atoms with E-state index in [0.717, 1.165) is 6.42 Å². The summed E-state index contributed by atoms with van der Waals surface area (Å²) in [4.78, 5) is 15.1. The number of aliphatic hydroxyl groups excluding tert-OH is 1. The Bertz CT molecular complexity index is 215. The zero-order chi connectivity index (χ0) is 14.3. The maximum absolute atomic E-state index is 10.4. The fraction of sp³-hybridized carbons (Fsp3) is 0.923. The van der Waals surface area contributed by atoms with Crippen LogP contribution in [0.3, 0.4) is 0 Å². The lowest BCUT2D eigenvalue weighted by Crippen LogP contribution is -2.33. The molecule has 0 aliphatic carbocycles. The molecule has 1 unspecified atom stereocenters. The largest absolute Gasteiger partial charge is 0.389 e. The van der Waals surface area contributed by atoms with Crippen molar-refractivity contribution in [2.75, 3.05) is 26.4 Å². The first kappa shape index (κ1) is 18.3. The summed E-state index contributed by atoms with van der Waals surface area (Å²) in [6.45, 7) is 3.15. The van der Waals surface area contributed by atoms with Gasteiger partial charge >= 0.3 is 0 Å². The molecule has 0 heterocycles. The van der Waals surface area contributed by atoms with Crippen LogP contribution in [0.1, 0.15) is 45.4 Å². The van der Waals surface area contributed by atoms with E-state index < -0.39 is 12.0 Å². The van der Waals surface area contributed by atoms with Gasteiger partial charge in [-0.2, -0.15) is 5.48 Å². The summed E-state index contributed by atoms with van der Waals surface area (Å²) in [5.74, 6) is -0.554. The summed E-state index contributed by atoms with van der Waals surface area (Å²) in [6, 6.07) is 0. The number of hydrogen-bond donors (Lipinski definition) is 3. The van der Waals surface area contributed by atoms with Crippen LogP contribution in [0, 0.1) is 0 Å². The maximum Gasteiger partial charge on any atom is 0.245 e. The topological polar surface area (TPSA) is 93.8 Å². The molecular weight excluding hydrogens is 248 g/mol. The second kappa shape index (κ2) is 13.7. The molecule has 0 radical (unpaired) electrons. The van der Waals surface area contributed by atoms with Gasteiger partial charge in [-0.3, -0.25) is 9.63 Å². The number of rotatable bonds is 14.